The molecule has 94 valence electrons. The van der Waals surface area contributed by atoms with Gasteiger partial charge in [0.15, 0.2) is 6.29 Å². The van der Waals surface area contributed by atoms with E-state index >= 15 is 0 Å². The summed E-state index contributed by atoms with van der Waals surface area (Å²) >= 11 is 1.48. The van der Waals surface area contributed by atoms with Crippen LogP contribution in [-0.2, 0) is 4.79 Å². The highest BCUT2D eigenvalue weighted by Crippen LogP contribution is 2.28. The quantitative estimate of drug-likeness (QED) is 0.679. The Morgan fingerprint density at radius 2 is 1.79 bits per heavy atom. The molecular weight excluding hydrogens is 258 g/mol. The number of benzene rings is 2. The zero-order valence-corrected chi connectivity index (χ0v) is 10.8. The zero-order chi connectivity index (χ0) is 13.1. The molecule has 0 amide bonds. The fourth-order valence-electron chi connectivity index (χ4n) is 1.79. The number of hydrogen-bond acceptors (Lipinski definition) is 4. The maximum Gasteiger partial charge on any atom is 0.205 e. The van der Waals surface area contributed by atoms with Crippen LogP contribution < -0.4 is 4.74 Å². The fraction of sp³-hybridized carbons (Fsp3) is 0.0667. The van der Waals surface area contributed by atoms with Crippen LogP contribution in [0.15, 0.2) is 54.6 Å². The van der Waals surface area contributed by atoms with Crippen LogP contribution in [0.2, 0.25) is 0 Å². The molecule has 0 aliphatic rings. The van der Waals surface area contributed by atoms with Crippen molar-refractivity contribution in [2.45, 2.75) is 6.10 Å². The van der Waals surface area contributed by atoms with Gasteiger partial charge < -0.3 is 4.74 Å². The van der Waals surface area contributed by atoms with Crippen molar-refractivity contribution >= 4 is 27.8 Å². The van der Waals surface area contributed by atoms with E-state index in [-0.39, 0.29) is 0 Å². The standard InChI is InChI=1S/C15H11NO2S/c17-10-13(18-11-6-2-1-3-7-11)15-16-12-8-4-5-9-14(12)19-15/h1-10,13H. The molecule has 2 aromatic carbocycles. The molecule has 3 nitrogen and oxygen atoms in total. The summed E-state index contributed by atoms with van der Waals surface area (Å²) in [5.41, 5.74) is 0.894. The number of ether oxygens (including phenoxy) is 1. The Labute approximate surface area is 114 Å². The average Bonchev–Trinajstić information content (AvgIpc) is 2.89. The molecule has 0 radical (unpaired) electrons. The smallest absolute Gasteiger partial charge is 0.205 e. The van der Waals surface area contributed by atoms with Crippen LogP contribution in [0.5, 0.6) is 5.75 Å². The third-order valence-corrected chi connectivity index (χ3v) is 3.78. The molecule has 4 heteroatoms. The van der Waals surface area contributed by atoms with E-state index in [9.17, 15) is 4.79 Å². The van der Waals surface area contributed by atoms with Gasteiger partial charge in [0.2, 0.25) is 6.10 Å². The van der Waals surface area contributed by atoms with Crippen molar-refractivity contribution in [2.75, 3.05) is 0 Å². The van der Waals surface area contributed by atoms with E-state index in [4.69, 9.17) is 4.74 Å². The number of carbonyl (C=O) groups is 1. The van der Waals surface area contributed by atoms with Gasteiger partial charge in [-0.1, -0.05) is 30.3 Å². The normalized spacial score (nSPS) is 12.2. The summed E-state index contributed by atoms with van der Waals surface area (Å²) in [5.74, 6) is 0.666. The second-order valence-electron chi connectivity index (χ2n) is 4.01. The molecule has 1 aromatic heterocycles. The number of thiazole rings is 1. The van der Waals surface area contributed by atoms with Crippen molar-refractivity contribution in [3.63, 3.8) is 0 Å². The van der Waals surface area contributed by atoms with Gasteiger partial charge in [0.05, 0.1) is 10.2 Å². The number of aldehydes is 1. The summed E-state index contributed by atoms with van der Waals surface area (Å²) in [6, 6.07) is 17.1. The molecule has 19 heavy (non-hydrogen) atoms. The number of carbonyl (C=O) groups excluding carboxylic acids is 1. The van der Waals surface area contributed by atoms with Gasteiger partial charge in [-0.05, 0) is 24.3 Å². The minimum atomic E-state index is -0.653. The SMILES string of the molecule is O=CC(Oc1ccccc1)c1nc2ccccc2s1. The summed E-state index contributed by atoms with van der Waals surface area (Å²) in [6.07, 6.45) is 0.129. The lowest BCUT2D eigenvalue weighted by atomic mass is 10.3. The number of hydrogen-bond donors (Lipinski definition) is 0. The van der Waals surface area contributed by atoms with Crippen LogP contribution in [0, 0.1) is 0 Å². The molecule has 0 bridgehead atoms. The molecule has 1 heterocycles. The van der Waals surface area contributed by atoms with Gasteiger partial charge in [-0.2, -0.15) is 0 Å². The highest BCUT2D eigenvalue weighted by molar-refractivity contribution is 7.18. The lowest BCUT2D eigenvalue weighted by Crippen LogP contribution is -2.08. The van der Waals surface area contributed by atoms with E-state index in [1.165, 1.54) is 11.3 Å². The van der Waals surface area contributed by atoms with Crippen molar-refractivity contribution in [3.05, 3.63) is 59.6 Å². The molecule has 0 N–H and O–H groups in total. The third-order valence-electron chi connectivity index (χ3n) is 2.68. The van der Waals surface area contributed by atoms with E-state index < -0.39 is 6.10 Å². The molecule has 0 saturated heterocycles. The van der Waals surface area contributed by atoms with Gasteiger partial charge in [-0.25, -0.2) is 4.98 Å². The second-order valence-corrected chi connectivity index (χ2v) is 5.07. The first-order chi connectivity index (χ1) is 9.36. The van der Waals surface area contributed by atoms with Gasteiger partial charge in [0, 0.05) is 0 Å². The third kappa shape index (κ3) is 2.48. The highest BCUT2D eigenvalue weighted by atomic mass is 32.1. The van der Waals surface area contributed by atoms with Crippen molar-refractivity contribution in [1.82, 2.24) is 4.98 Å². The van der Waals surface area contributed by atoms with Crippen LogP contribution in [0.1, 0.15) is 11.1 Å². The summed E-state index contributed by atoms with van der Waals surface area (Å²) in [7, 11) is 0. The number of aromatic nitrogens is 1. The number of rotatable bonds is 4. The monoisotopic (exact) mass is 269 g/mol. The summed E-state index contributed by atoms with van der Waals surface area (Å²) in [4.78, 5) is 15.7. The molecule has 0 saturated carbocycles. The van der Waals surface area contributed by atoms with E-state index in [0.29, 0.717) is 10.8 Å². The fourth-order valence-corrected chi connectivity index (χ4v) is 2.75. The van der Waals surface area contributed by atoms with E-state index in [1.807, 2.05) is 54.6 Å². The number of para-hydroxylation sites is 2. The van der Waals surface area contributed by atoms with Gasteiger partial charge in [0.25, 0.3) is 0 Å². The van der Waals surface area contributed by atoms with Gasteiger partial charge in [-0.3, -0.25) is 4.79 Å². The average molecular weight is 269 g/mol. The highest BCUT2D eigenvalue weighted by Gasteiger charge is 2.17. The predicted molar refractivity (Wildman–Crippen MR) is 75.5 cm³/mol. The largest absolute Gasteiger partial charge is 0.476 e. The molecule has 0 spiro atoms. The molecule has 3 rings (SSSR count). The molecule has 0 aliphatic carbocycles. The topological polar surface area (TPSA) is 39.2 Å². The first kappa shape index (κ1) is 11.9. The molecule has 3 aromatic rings. The molecule has 0 fully saturated rings. The van der Waals surface area contributed by atoms with Gasteiger partial charge >= 0.3 is 0 Å². The summed E-state index contributed by atoms with van der Waals surface area (Å²) in [6.45, 7) is 0. The van der Waals surface area contributed by atoms with Gasteiger partial charge in [0.1, 0.15) is 10.8 Å². The van der Waals surface area contributed by atoms with E-state index in [1.54, 1.807) is 0 Å². The van der Waals surface area contributed by atoms with E-state index in [0.717, 1.165) is 16.5 Å². The molecule has 0 aliphatic heterocycles. The summed E-state index contributed by atoms with van der Waals surface area (Å²) < 4.78 is 6.72. The Kier molecular flexibility index (Phi) is 3.25. The van der Waals surface area contributed by atoms with Crippen LogP contribution in [0.4, 0.5) is 0 Å². The predicted octanol–water partition coefficient (Wildman–Crippen LogP) is 3.62. The van der Waals surface area contributed by atoms with Crippen molar-refractivity contribution < 1.29 is 9.53 Å². The Morgan fingerprint density at radius 1 is 1.05 bits per heavy atom. The zero-order valence-electron chi connectivity index (χ0n) is 10.0. The first-order valence-corrected chi connectivity index (χ1v) is 6.71. The maximum absolute atomic E-state index is 11.2. The molecular formula is C15H11NO2S. The van der Waals surface area contributed by atoms with Crippen LogP contribution in [-0.4, -0.2) is 11.3 Å². The lowest BCUT2D eigenvalue weighted by Gasteiger charge is -2.10. The minimum Gasteiger partial charge on any atom is -0.476 e. The Morgan fingerprint density at radius 3 is 2.53 bits per heavy atom. The minimum absolute atomic E-state index is 0.653. The molecule has 1 atom stereocenters. The van der Waals surface area contributed by atoms with Crippen molar-refractivity contribution in [2.24, 2.45) is 0 Å². The van der Waals surface area contributed by atoms with Crippen molar-refractivity contribution in [3.8, 4) is 5.75 Å². The van der Waals surface area contributed by atoms with Crippen LogP contribution in [0.3, 0.4) is 0 Å². The molecule has 1 unspecified atom stereocenters. The van der Waals surface area contributed by atoms with Crippen molar-refractivity contribution in [1.29, 1.82) is 0 Å². The maximum atomic E-state index is 11.2. The van der Waals surface area contributed by atoms with Crippen LogP contribution >= 0.6 is 11.3 Å². The Bertz CT molecular complexity index is 660. The van der Waals surface area contributed by atoms with Crippen LogP contribution in [0.25, 0.3) is 10.2 Å². The van der Waals surface area contributed by atoms with Gasteiger partial charge in [-0.15, -0.1) is 11.3 Å². The van der Waals surface area contributed by atoms with E-state index in [2.05, 4.69) is 4.98 Å². The number of nitrogens with zero attached hydrogens (tertiary/aromatic N) is 1. The lowest BCUT2D eigenvalue weighted by molar-refractivity contribution is -0.113. The number of fused-ring (bicyclic) bond motifs is 1. The Hall–Kier alpha value is -2.20. The summed E-state index contributed by atoms with van der Waals surface area (Å²) in [5, 5.41) is 0.681. The second kappa shape index (κ2) is 5.20. The Balaban J connectivity index is 1.91. The first-order valence-electron chi connectivity index (χ1n) is 5.89.